The van der Waals surface area contributed by atoms with E-state index < -0.39 is 17.5 Å². The van der Waals surface area contributed by atoms with Crippen molar-refractivity contribution in [3.8, 4) is 0 Å². The summed E-state index contributed by atoms with van der Waals surface area (Å²) in [5, 5.41) is 9.27. The van der Waals surface area contributed by atoms with Gasteiger partial charge in [0.2, 0.25) is 0 Å². The predicted octanol–water partition coefficient (Wildman–Crippen LogP) is 3.06. The molecule has 2 aliphatic carbocycles. The molecule has 1 unspecified atom stereocenters. The minimum atomic E-state index is -4.61. The molecule has 2 aliphatic rings. The Kier molecular flexibility index (Phi) is 2.56. The number of aliphatic hydroxyl groups excluding tert-OH is 1. The van der Waals surface area contributed by atoms with Crippen molar-refractivity contribution in [2.75, 3.05) is 0 Å². The zero-order valence-electron chi connectivity index (χ0n) is 8.47. The van der Waals surface area contributed by atoms with Crippen LogP contribution in [0.3, 0.4) is 0 Å². The first kappa shape index (κ1) is 11.2. The van der Waals surface area contributed by atoms with Gasteiger partial charge in [0, 0.05) is 12.8 Å². The first-order chi connectivity index (χ1) is 7.39. The van der Waals surface area contributed by atoms with Crippen molar-refractivity contribution in [1.29, 1.82) is 0 Å². The van der Waals surface area contributed by atoms with Crippen LogP contribution >= 0.6 is 0 Å². The molecule has 0 radical (unpaired) electrons. The highest BCUT2D eigenvalue weighted by Crippen LogP contribution is 2.42. The number of Topliss-reactive ketones (excluding diaryl/α,β-unsaturated/α-hetero) is 1. The SMILES string of the molecule is O=C1CCC2CCC(O)=CC2=C1C(F)(F)F. The Hall–Kier alpha value is -1.26. The molecule has 0 aromatic carbocycles. The van der Waals surface area contributed by atoms with Gasteiger partial charge in [-0.25, -0.2) is 0 Å². The van der Waals surface area contributed by atoms with E-state index in [0.717, 1.165) is 6.08 Å². The molecule has 0 bridgehead atoms. The molecule has 0 aliphatic heterocycles. The maximum absolute atomic E-state index is 12.7. The van der Waals surface area contributed by atoms with Gasteiger partial charge in [0.05, 0.1) is 5.76 Å². The number of alkyl halides is 3. The van der Waals surface area contributed by atoms with Gasteiger partial charge in [-0.05, 0) is 30.4 Å². The van der Waals surface area contributed by atoms with Crippen molar-refractivity contribution in [2.45, 2.75) is 31.9 Å². The topological polar surface area (TPSA) is 37.3 Å². The third-order valence-electron chi connectivity index (χ3n) is 3.08. The first-order valence-corrected chi connectivity index (χ1v) is 5.13. The largest absolute Gasteiger partial charge is 0.512 e. The van der Waals surface area contributed by atoms with E-state index in [1.165, 1.54) is 0 Å². The molecule has 0 heterocycles. The second kappa shape index (κ2) is 3.64. The summed E-state index contributed by atoms with van der Waals surface area (Å²) < 4.78 is 38.1. The maximum Gasteiger partial charge on any atom is 0.420 e. The number of fused-ring (bicyclic) bond motifs is 1. The third kappa shape index (κ3) is 1.86. The number of hydrogen-bond donors (Lipinski definition) is 1. The molecule has 0 fully saturated rings. The van der Waals surface area contributed by atoms with Gasteiger partial charge in [-0.2, -0.15) is 13.2 Å². The van der Waals surface area contributed by atoms with Gasteiger partial charge in [-0.3, -0.25) is 4.79 Å². The van der Waals surface area contributed by atoms with Gasteiger partial charge >= 0.3 is 6.18 Å². The molecular formula is C11H11F3O2. The summed E-state index contributed by atoms with van der Waals surface area (Å²) in [6, 6.07) is 0. The van der Waals surface area contributed by atoms with Crippen LogP contribution in [0.5, 0.6) is 0 Å². The van der Waals surface area contributed by atoms with E-state index >= 15 is 0 Å². The van der Waals surface area contributed by atoms with Gasteiger partial charge in [-0.1, -0.05) is 0 Å². The number of allylic oxidation sites excluding steroid dienone is 4. The van der Waals surface area contributed by atoms with E-state index in [9.17, 15) is 23.1 Å². The van der Waals surface area contributed by atoms with Crippen molar-refractivity contribution < 1.29 is 23.1 Å². The van der Waals surface area contributed by atoms with E-state index in [1.54, 1.807) is 0 Å². The van der Waals surface area contributed by atoms with Gasteiger partial charge in [0.25, 0.3) is 0 Å². The second-order valence-electron chi connectivity index (χ2n) is 4.16. The Labute approximate surface area is 90.5 Å². The molecule has 1 atom stereocenters. The zero-order valence-corrected chi connectivity index (χ0v) is 8.47. The van der Waals surface area contributed by atoms with Crippen LogP contribution in [0.1, 0.15) is 25.7 Å². The molecule has 0 spiro atoms. The van der Waals surface area contributed by atoms with Crippen LogP contribution in [0.4, 0.5) is 13.2 Å². The van der Waals surface area contributed by atoms with Crippen LogP contribution in [0.15, 0.2) is 23.0 Å². The molecular weight excluding hydrogens is 221 g/mol. The standard InChI is InChI=1S/C11H11F3O2/c12-11(13,14)10-8-5-7(15)3-1-6(8)2-4-9(10)16/h5-6,15H,1-4H2. The summed E-state index contributed by atoms with van der Waals surface area (Å²) in [6.45, 7) is 0. The minimum absolute atomic E-state index is 0.0208. The van der Waals surface area contributed by atoms with Crippen molar-refractivity contribution in [2.24, 2.45) is 5.92 Å². The molecule has 2 nitrogen and oxygen atoms in total. The van der Waals surface area contributed by atoms with E-state index in [0.29, 0.717) is 19.3 Å². The highest BCUT2D eigenvalue weighted by molar-refractivity contribution is 5.98. The number of rotatable bonds is 0. The van der Waals surface area contributed by atoms with Crippen molar-refractivity contribution in [3.63, 3.8) is 0 Å². The maximum atomic E-state index is 12.7. The Bertz CT molecular complexity index is 391. The van der Waals surface area contributed by atoms with Crippen LogP contribution in [-0.4, -0.2) is 17.1 Å². The van der Waals surface area contributed by atoms with Crippen LogP contribution in [-0.2, 0) is 4.79 Å². The normalized spacial score (nSPS) is 26.6. The number of halogens is 3. The fourth-order valence-electron chi connectivity index (χ4n) is 2.34. The summed E-state index contributed by atoms with van der Waals surface area (Å²) in [6.07, 6.45) is -2.19. The lowest BCUT2D eigenvalue weighted by Gasteiger charge is -2.29. The minimum Gasteiger partial charge on any atom is -0.512 e. The molecule has 0 saturated heterocycles. The van der Waals surface area contributed by atoms with E-state index in [2.05, 4.69) is 0 Å². The molecule has 0 amide bonds. The van der Waals surface area contributed by atoms with Crippen LogP contribution in [0, 0.1) is 5.92 Å². The molecule has 1 N–H and O–H groups in total. The zero-order chi connectivity index (χ0) is 11.9. The third-order valence-corrected chi connectivity index (χ3v) is 3.08. The van der Waals surface area contributed by atoms with Crippen LogP contribution in [0.2, 0.25) is 0 Å². The number of ketones is 1. The Balaban J connectivity index is 2.55. The molecule has 5 heteroatoms. The van der Waals surface area contributed by atoms with Crippen LogP contribution < -0.4 is 0 Å². The summed E-state index contributed by atoms with van der Waals surface area (Å²) >= 11 is 0. The number of aliphatic hydroxyl groups is 1. The van der Waals surface area contributed by atoms with Gasteiger partial charge < -0.3 is 5.11 Å². The molecule has 16 heavy (non-hydrogen) atoms. The quantitative estimate of drug-likeness (QED) is 0.696. The highest BCUT2D eigenvalue weighted by Gasteiger charge is 2.44. The van der Waals surface area contributed by atoms with Gasteiger partial charge in [0.1, 0.15) is 5.57 Å². The van der Waals surface area contributed by atoms with Crippen molar-refractivity contribution in [1.82, 2.24) is 0 Å². The van der Waals surface area contributed by atoms with Gasteiger partial charge in [0.15, 0.2) is 5.78 Å². The summed E-state index contributed by atoms with van der Waals surface area (Å²) in [5.74, 6) is -1.15. The van der Waals surface area contributed by atoms with Crippen molar-refractivity contribution >= 4 is 5.78 Å². The van der Waals surface area contributed by atoms with E-state index in [-0.39, 0.29) is 23.7 Å². The fourth-order valence-corrected chi connectivity index (χ4v) is 2.34. The number of carbonyl (C=O) groups is 1. The van der Waals surface area contributed by atoms with E-state index in [1.807, 2.05) is 0 Å². The average Bonchev–Trinajstić information content (AvgIpc) is 2.14. The van der Waals surface area contributed by atoms with Gasteiger partial charge in [-0.15, -0.1) is 0 Å². The first-order valence-electron chi connectivity index (χ1n) is 5.13. The molecule has 0 aromatic rings. The smallest absolute Gasteiger partial charge is 0.420 e. The lowest BCUT2D eigenvalue weighted by molar-refractivity contribution is -0.130. The molecule has 0 aromatic heterocycles. The summed E-state index contributed by atoms with van der Waals surface area (Å²) in [7, 11) is 0. The Morgan fingerprint density at radius 2 is 1.88 bits per heavy atom. The summed E-state index contributed by atoms with van der Waals surface area (Å²) in [5.41, 5.74) is -1.08. The molecule has 0 saturated carbocycles. The predicted molar refractivity (Wildman–Crippen MR) is 50.8 cm³/mol. The molecule has 88 valence electrons. The Morgan fingerprint density at radius 3 is 2.50 bits per heavy atom. The summed E-state index contributed by atoms with van der Waals surface area (Å²) in [4.78, 5) is 11.3. The fraction of sp³-hybridized carbons (Fsp3) is 0.545. The lowest BCUT2D eigenvalue weighted by atomic mass is 9.76. The van der Waals surface area contributed by atoms with E-state index in [4.69, 9.17) is 0 Å². The second-order valence-corrected chi connectivity index (χ2v) is 4.16. The average molecular weight is 232 g/mol. The highest BCUT2D eigenvalue weighted by atomic mass is 19.4. The number of carbonyl (C=O) groups excluding carboxylic acids is 1. The van der Waals surface area contributed by atoms with Crippen LogP contribution in [0.25, 0.3) is 0 Å². The molecule has 2 rings (SSSR count). The lowest BCUT2D eigenvalue weighted by Crippen LogP contribution is -2.29. The van der Waals surface area contributed by atoms with Crippen molar-refractivity contribution in [3.05, 3.63) is 23.0 Å². The number of hydrogen-bond acceptors (Lipinski definition) is 2. The Morgan fingerprint density at radius 1 is 1.25 bits per heavy atom. The monoisotopic (exact) mass is 232 g/mol.